The molecule has 12 heteroatoms. The van der Waals surface area contributed by atoms with E-state index in [1.54, 1.807) is 30.6 Å². The van der Waals surface area contributed by atoms with E-state index in [2.05, 4.69) is 19.9 Å². The number of aromatic nitrogens is 6. The lowest BCUT2D eigenvalue weighted by Gasteiger charge is -2.30. The number of hydrogen-bond acceptors (Lipinski definition) is 6. The summed E-state index contributed by atoms with van der Waals surface area (Å²) in [5.41, 5.74) is 0.421. The number of alkyl halides is 3. The molecule has 0 aliphatic carbocycles. The molecule has 208 valence electrons. The standard InChI is InChI=1S/C28H26ClF3N6O2/c1-15-33-13-23(37(15)3)27(39,24-14-34-16(2)38(24)4)18-7-8-21-19(11-18)25(29)20(26(36-21)40-5)10-17-6-9-22(35-12-17)28(30,31)32/h6-9,11-14,39H,10H2,1-5H3. The second-order valence-corrected chi connectivity index (χ2v) is 9.96. The lowest BCUT2D eigenvalue weighted by molar-refractivity contribution is -0.141. The highest BCUT2D eigenvalue weighted by atomic mass is 35.5. The van der Waals surface area contributed by atoms with Crippen LogP contribution in [0.2, 0.25) is 5.02 Å². The zero-order chi connectivity index (χ0) is 29.0. The van der Waals surface area contributed by atoms with Crippen molar-refractivity contribution in [2.45, 2.75) is 32.0 Å². The van der Waals surface area contributed by atoms with Crippen LogP contribution in [0.5, 0.6) is 5.88 Å². The molecule has 4 heterocycles. The molecule has 0 spiro atoms. The minimum atomic E-state index is -4.54. The van der Waals surface area contributed by atoms with Crippen molar-refractivity contribution >= 4 is 22.5 Å². The van der Waals surface area contributed by atoms with Gasteiger partial charge in [0, 0.05) is 37.7 Å². The number of imidazole rings is 2. The second kappa shape index (κ2) is 9.90. The summed E-state index contributed by atoms with van der Waals surface area (Å²) >= 11 is 6.93. The maximum atomic E-state index is 13.0. The van der Waals surface area contributed by atoms with Gasteiger partial charge in [-0.05, 0) is 43.2 Å². The summed E-state index contributed by atoms with van der Waals surface area (Å²) in [4.78, 5) is 16.9. The van der Waals surface area contributed by atoms with Crippen molar-refractivity contribution < 1.29 is 23.0 Å². The molecule has 4 aromatic heterocycles. The Labute approximate surface area is 233 Å². The van der Waals surface area contributed by atoms with Crippen LogP contribution in [-0.4, -0.2) is 41.3 Å². The first-order valence-corrected chi connectivity index (χ1v) is 12.6. The number of fused-ring (bicyclic) bond motifs is 1. The molecule has 0 saturated carbocycles. The van der Waals surface area contributed by atoms with E-state index < -0.39 is 17.5 Å². The molecule has 1 aromatic carbocycles. The van der Waals surface area contributed by atoms with E-state index >= 15 is 0 Å². The molecular weight excluding hydrogens is 545 g/mol. The average Bonchev–Trinajstić information content (AvgIpc) is 3.45. The fraction of sp³-hybridized carbons (Fsp3) is 0.286. The molecule has 0 fully saturated rings. The van der Waals surface area contributed by atoms with Gasteiger partial charge in [-0.3, -0.25) is 4.98 Å². The van der Waals surface area contributed by atoms with E-state index in [1.165, 1.54) is 13.2 Å². The van der Waals surface area contributed by atoms with Crippen molar-refractivity contribution in [1.82, 2.24) is 29.1 Å². The van der Waals surface area contributed by atoms with Crippen molar-refractivity contribution in [3.05, 3.63) is 99.4 Å². The predicted molar refractivity (Wildman–Crippen MR) is 143 cm³/mol. The van der Waals surface area contributed by atoms with Crippen LogP contribution in [0.3, 0.4) is 0 Å². The van der Waals surface area contributed by atoms with Crippen molar-refractivity contribution in [3.8, 4) is 5.88 Å². The lowest BCUT2D eigenvalue weighted by atomic mass is 9.86. The third-order valence-electron chi connectivity index (χ3n) is 7.27. The van der Waals surface area contributed by atoms with E-state index in [9.17, 15) is 18.3 Å². The summed E-state index contributed by atoms with van der Waals surface area (Å²) in [5.74, 6) is 1.67. The average molecular weight is 571 g/mol. The second-order valence-electron chi connectivity index (χ2n) is 9.58. The Balaban J connectivity index is 1.68. The molecule has 0 aliphatic rings. The number of hydrogen-bond donors (Lipinski definition) is 1. The highest BCUT2D eigenvalue weighted by Crippen LogP contribution is 2.41. The van der Waals surface area contributed by atoms with Gasteiger partial charge in [-0.1, -0.05) is 23.7 Å². The normalized spacial score (nSPS) is 12.3. The molecule has 8 nitrogen and oxygen atoms in total. The largest absolute Gasteiger partial charge is 0.481 e. The highest BCUT2D eigenvalue weighted by molar-refractivity contribution is 6.36. The molecule has 0 aliphatic heterocycles. The van der Waals surface area contributed by atoms with Crippen molar-refractivity contribution in [2.24, 2.45) is 14.1 Å². The monoisotopic (exact) mass is 570 g/mol. The van der Waals surface area contributed by atoms with Crippen LogP contribution in [-0.2, 0) is 32.3 Å². The topological polar surface area (TPSA) is 90.9 Å². The van der Waals surface area contributed by atoms with Crippen LogP contribution in [0.25, 0.3) is 10.9 Å². The molecule has 0 radical (unpaired) electrons. The summed E-state index contributed by atoms with van der Waals surface area (Å²) in [6.45, 7) is 3.68. The Bertz CT molecular complexity index is 1680. The number of nitrogens with zero attached hydrogens (tertiary/aromatic N) is 6. The van der Waals surface area contributed by atoms with Gasteiger partial charge in [0.2, 0.25) is 5.88 Å². The molecule has 5 aromatic rings. The SMILES string of the molecule is COc1nc2ccc(C(O)(c3cnc(C)n3C)c3cnc(C)n3C)cc2c(Cl)c1Cc1ccc(C(F)(F)F)nc1. The number of ether oxygens (including phenoxy) is 1. The Kier molecular flexibility index (Phi) is 6.83. The number of halogens is 4. The van der Waals surface area contributed by atoms with Crippen molar-refractivity contribution in [2.75, 3.05) is 7.11 Å². The van der Waals surface area contributed by atoms with Gasteiger partial charge in [0.05, 0.1) is 41.4 Å². The first-order chi connectivity index (χ1) is 18.9. The molecule has 0 amide bonds. The number of methoxy groups -OCH3 is 1. The Morgan fingerprint density at radius 1 is 0.925 bits per heavy atom. The van der Waals surface area contributed by atoms with E-state index in [-0.39, 0.29) is 12.3 Å². The van der Waals surface area contributed by atoms with Crippen molar-refractivity contribution in [3.63, 3.8) is 0 Å². The van der Waals surface area contributed by atoms with Crippen LogP contribution in [0, 0.1) is 13.8 Å². The summed E-state index contributed by atoms with van der Waals surface area (Å²) in [7, 11) is 5.09. The molecule has 0 bridgehead atoms. The van der Waals surface area contributed by atoms with Crippen LogP contribution in [0.1, 0.15) is 45.4 Å². The number of aliphatic hydroxyl groups is 1. The third kappa shape index (κ3) is 4.48. The van der Waals surface area contributed by atoms with Crippen LogP contribution in [0.15, 0.2) is 48.9 Å². The van der Waals surface area contributed by atoms with Gasteiger partial charge in [0.1, 0.15) is 17.3 Å². The number of aryl methyl sites for hydroxylation is 2. The molecule has 5 rings (SSSR count). The maximum absolute atomic E-state index is 13.0. The molecule has 40 heavy (non-hydrogen) atoms. The predicted octanol–water partition coefficient (Wildman–Crippen LogP) is 5.27. The van der Waals surface area contributed by atoms with Crippen molar-refractivity contribution in [1.29, 1.82) is 0 Å². The van der Waals surface area contributed by atoms with Gasteiger partial charge in [-0.15, -0.1) is 0 Å². The fourth-order valence-corrected chi connectivity index (χ4v) is 5.09. The van der Waals surface area contributed by atoms with Gasteiger partial charge in [0.15, 0.2) is 5.60 Å². The van der Waals surface area contributed by atoms with E-state index in [4.69, 9.17) is 16.3 Å². The number of rotatable bonds is 6. The minimum absolute atomic E-state index is 0.131. The number of pyridine rings is 2. The van der Waals surface area contributed by atoms with Crippen LogP contribution < -0.4 is 4.74 Å². The van der Waals surface area contributed by atoms with Gasteiger partial charge in [-0.2, -0.15) is 13.2 Å². The maximum Gasteiger partial charge on any atom is 0.433 e. The molecule has 0 atom stereocenters. The third-order valence-corrected chi connectivity index (χ3v) is 7.70. The van der Waals surface area contributed by atoms with Gasteiger partial charge in [-0.25, -0.2) is 15.0 Å². The van der Waals surface area contributed by atoms with Crippen LogP contribution in [0.4, 0.5) is 13.2 Å². The zero-order valence-corrected chi connectivity index (χ0v) is 23.1. The van der Waals surface area contributed by atoms with Gasteiger partial charge >= 0.3 is 6.18 Å². The lowest BCUT2D eigenvalue weighted by Crippen LogP contribution is -2.33. The van der Waals surface area contributed by atoms with E-state index in [0.717, 1.165) is 12.3 Å². The summed E-state index contributed by atoms with van der Waals surface area (Å²) in [5, 5.41) is 13.3. The summed E-state index contributed by atoms with van der Waals surface area (Å²) < 4.78 is 48.1. The minimum Gasteiger partial charge on any atom is -0.481 e. The Hall–Kier alpha value is -3.96. The number of benzene rings is 1. The van der Waals surface area contributed by atoms with Gasteiger partial charge in [0.25, 0.3) is 0 Å². The summed E-state index contributed by atoms with van der Waals surface area (Å²) in [6.07, 6.45) is 0.00178. The molecule has 0 unspecified atom stereocenters. The first kappa shape index (κ1) is 27.6. The van der Waals surface area contributed by atoms with Crippen LogP contribution >= 0.6 is 11.6 Å². The van der Waals surface area contributed by atoms with Gasteiger partial charge < -0.3 is 19.0 Å². The molecule has 0 saturated heterocycles. The first-order valence-electron chi connectivity index (χ1n) is 12.2. The Morgan fingerprint density at radius 3 is 2.02 bits per heavy atom. The smallest absolute Gasteiger partial charge is 0.433 e. The fourth-order valence-electron chi connectivity index (χ4n) is 4.79. The van der Waals surface area contributed by atoms with E-state index in [1.807, 2.05) is 37.1 Å². The highest BCUT2D eigenvalue weighted by Gasteiger charge is 2.40. The zero-order valence-electron chi connectivity index (χ0n) is 22.4. The summed E-state index contributed by atoms with van der Waals surface area (Å²) in [6, 6.07) is 7.52. The quantitative estimate of drug-likeness (QED) is 0.299. The Morgan fingerprint density at radius 2 is 1.55 bits per heavy atom. The molecular formula is C28H26ClF3N6O2. The molecule has 1 N–H and O–H groups in total. The van der Waals surface area contributed by atoms with E-state index in [0.29, 0.717) is 55.7 Å².